The molecule has 2 N–H and O–H groups in total. The van der Waals surface area contributed by atoms with Crippen molar-refractivity contribution in [3.63, 3.8) is 0 Å². The van der Waals surface area contributed by atoms with Crippen molar-refractivity contribution in [2.75, 3.05) is 32.0 Å². The van der Waals surface area contributed by atoms with Crippen LogP contribution in [0, 0.1) is 0 Å². The summed E-state index contributed by atoms with van der Waals surface area (Å²) in [7, 11) is -1.22. The first kappa shape index (κ1) is 22.4. The SMILES string of the molecule is CN1CC=C(c2cc(NC3CCN([S+](=O)(O)C4CC4)CC3)c3cnccc3c2)C=C1C(F)F. The maximum Gasteiger partial charge on any atom is 0.294 e. The van der Waals surface area contributed by atoms with Crippen LogP contribution in [-0.2, 0) is 14.6 Å². The van der Waals surface area contributed by atoms with E-state index in [1.807, 2.05) is 30.5 Å². The fourth-order valence-corrected chi connectivity index (χ4v) is 6.56. The largest absolute Gasteiger partial charge is 0.382 e. The van der Waals surface area contributed by atoms with E-state index in [0.29, 0.717) is 19.6 Å². The minimum atomic E-state index is -2.89. The highest BCUT2D eigenvalue weighted by molar-refractivity contribution is 7.96. The van der Waals surface area contributed by atoms with Gasteiger partial charge < -0.3 is 10.2 Å². The first-order chi connectivity index (χ1) is 15.8. The number of nitrogens with one attached hydrogen (secondary N) is 1. The number of fused-ring (bicyclic) bond motifs is 1. The lowest BCUT2D eigenvalue weighted by molar-refractivity contribution is 0.152. The molecule has 33 heavy (non-hydrogen) atoms. The average molecular weight is 476 g/mol. The van der Waals surface area contributed by atoms with Crippen LogP contribution in [0.2, 0.25) is 0 Å². The third-order valence-corrected chi connectivity index (χ3v) is 9.23. The molecule has 3 heterocycles. The highest BCUT2D eigenvalue weighted by Crippen LogP contribution is 2.37. The van der Waals surface area contributed by atoms with Crippen molar-refractivity contribution >= 4 is 32.4 Å². The molecular weight excluding hydrogens is 446 g/mol. The molecule has 176 valence electrons. The number of halogens is 2. The monoisotopic (exact) mass is 475 g/mol. The molecule has 1 saturated carbocycles. The molecular formula is C24H29F2N4O2S+. The van der Waals surface area contributed by atoms with E-state index < -0.39 is 16.8 Å². The number of nitrogens with zero attached hydrogens (tertiary/aromatic N) is 3. The molecule has 1 saturated heterocycles. The Morgan fingerprint density at radius 3 is 2.67 bits per heavy atom. The number of rotatable bonds is 6. The average Bonchev–Trinajstić information content (AvgIpc) is 3.66. The molecule has 0 bridgehead atoms. The van der Waals surface area contributed by atoms with E-state index in [4.69, 9.17) is 0 Å². The lowest BCUT2D eigenvalue weighted by atomic mass is 9.97. The molecule has 1 aromatic heterocycles. The predicted octanol–water partition coefficient (Wildman–Crippen LogP) is 4.64. The Bertz CT molecular complexity index is 1160. The molecule has 1 aliphatic carbocycles. The van der Waals surface area contributed by atoms with Crippen molar-refractivity contribution in [3.8, 4) is 0 Å². The van der Waals surface area contributed by atoms with Crippen LogP contribution in [0.15, 0.2) is 48.4 Å². The van der Waals surface area contributed by atoms with Crippen molar-refractivity contribution in [2.45, 2.75) is 43.4 Å². The normalized spacial score (nSPS) is 22.3. The topological polar surface area (TPSA) is 68.7 Å². The van der Waals surface area contributed by atoms with Crippen LogP contribution in [0.1, 0.15) is 31.2 Å². The van der Waals surface area contributed by atoms with Gasteiger partial charge in [-0.25, -0.2) is 8.78 Å². The summed E-state index contributed by atoms with van der Waals surface area (Å²) in [6.45, 7) is 1.59. The van der Waals surface area contributed by atoms with Gasteiger partial charge in [0.1, 0.15) is 0 Å². The number of alkyl halides is 2. The second-order valence-electron chi connectivity index (χ2n) is 9.12. The third kappa shape index (κ3) is 4.54. The predicted molar refractivity (Wildman–Crippen MR) is 128 cm³/mol. The Kier molecular flexibility index (Phi) is 5.96. The van der Waals surface area contributed by atoms with Gasteiger partial charge in [0, 0.05) is 69.0 Å². The van der Waals surface area contributed by atoms with Gasteiger partial charge in [-0.1, -0.05) is 10.4 Å². The zero-order chi connectivity index (χ0) is 23.2. The number of benzene rings is 1. The Labute approximate surface area is 193 Å². The van der Waals surface area contributed by atoms with Crippen LogP contribution in [0.3, 0.4) is 0 Å². The summed E-state index contributed by atoms with van der Waals surface area (Å²) in [5.74, 6) is 0. The van der Waals surface area contributed by atoms with E-state index in [1.54, 1.807) is 28.5 Å². The van der Waals surface area contributed by atoms with Gasteiger partial charge in [-0.3, -0.25) is 4.98 Å². The van der Waals surface area contributed by atoms with Crippen molar-refractivity contribution < 1.29 is 17.5 Å². The van der Waals surface area contributed by atoms with Gasteiger partial charge in [-0.2, -0.15) is 4.55 Å². The van der Waals surface area contributed by atoms with Crippen LogP contribution >= 0.6 is 0 Å². The standard InChI is InChI=1S/C24H28F2N4O2S/c1-29-9-5-16(14-23(29)24(25)26)18-12-17-4-8-27-15-21(17)22(13-18)28-19-6-10-30(11-7-19)33(31,32)20-2-3-20/h4-5,8,12-15,19-20,24,28H,2-3,6-7,9-11H2,1H3/p+1. The number of anilines is 1. The van der Waals surface area contributed by atoms with E-state index in [9.17, 15) is 17.5 Å². The van der Waals surface area contributed by atoms with Gasteiger partial charge >= 0.3 is 0 Å². The van der Waals surface area contributed by atoms with Crippen molar-refractivity contribution in [2.24, 2.45) is 0 Å². The first-order valence-corrected chi connectivity index (χ1v) is 12.9. The smallest absolute Gasteiger partial charge is 0.294 e. The summed E-state index contributed by atoms with van der Waals surface area (Å²) in [6.07, 6.45) is 7.75. The molecule has 3 aliphatic rings. The molecule has 2 fully saturated rings. The lowest BCUT2D eigenvalue weighted by Crippen LogP contribution is -2.46. The number of aromatic nitrogens is 1. The van der Waals surface area contributed by atoms with Crippen LogP contribution in [0.25, 0.3) is 16.3 Å². The summed E-state index contributed by atoms with van der Waals surface area (Å²) >= 11 is 0. The van der Waals surface area contributed by atoms with Crippen LogP contribution < -0.4 is 5.32 Å². The van der Waals surface area contributed by atoms with E-state index in [1.165, 1.54) is 0 Å². The molecule has 2 aromatic rings. The summed E-state index contributed by atoms with van der Waals surface area (Å²) < 4.78 is 51.7. The number of pyridine rings is 1. The first-order valence-electron chi connectivity index (χ1n) is 11.4. The maximum atomic E-state index is 13.5. The van der Waals surface area contributed by atoms with Crippen molar-refractivity contribution in [1.29, 1.82) is 0 Å². The van der Waals surface area contributed by atoms with E-state index in [-0.39, 0.29) is 17.0 Å². The highest BCUT2D eigenvalue weighted by atomic mass is 32.3. The van der Waals surface area contributed by atoms with Gasteiger partial charge in [0.15, 0.2) is 5.25 Å². The molecule has 0 radical (unpaired) electrons. The van der Waals surface area contributed by atoms with Gasteiger partial charge in [0.2, 0.25) is 0 Å². The minimum absolute atomic E-state index is 0.0208. The van der Waals surface area contributed by atoms with Gasteiger partial charge in [-0.05, 0) is 57.8 Å². The van der Waals surface area contributed by atoms with Crippen LogP contribution in [0.5, 0.6) is 0 Å². The molecule has 1 aromatic carbocycles. The number of hydrogen-bond donors (Lipinski definition) is 2. The van der Waals surface area contributed by atoms with Crippen LogP contribution in [0.4, 0.5) is 14.5 Å². The zero-order valence-corrected chi connectivity index (χ0v) is 19.4. The summed E-state index contributed by atoms with van der Waals surface area (Å²) in [5, 5.41) is 5.51. The van der Waals surface area contributed by atoms with Gasteiger partial charge in [-0.15, -0.1) is 0 Å². The van der Waals surface area contributed by atoms with Gasteiger partial charge in [0.25, 0.3) is 16.8 Å². The fraction of sp³-hybridized carbons (Fsp3) is 0.458. The number of likely N-dealkylation sites (N-methyl/N-ethyl adjacent to an activating group) is 1. The number of allylic oxidation sites excluding steroid dienone is 3. The maximum absolute atomic E-state index is 13.5. The molecule has 0 amide bonds. The quantitative estimate of drug-likeness (QED) is 0.596. The molecule has 5 rings (SSSR count). The summed E-state index contributed by atoms with van der Waals surface area (Å²) in [4.78, 5) is 5.84. The number of hydrogen-bond acceptors (Lipinski definition) is 4. The Morgan fingerprint density at radius 2 is 1.97 bits per heavy atom. The van der Waals surface area contributed by atoms with E-state index >= 15 is 0 Å². The van der Waals surface area contributed by atoms with Crippen LogP contribution in [-0.4, -0.2) is 63.1 Å². The van der Waals surface area contributed by atoms with Crippen molar-refractivity contribution in [3.05, 3.63) is 54.0 Å². The van der Waals surface area contributed by atoms with Crippen molar-refractivity contribution in [1.82, 2.24) is 14.2 Å². The Morgan fingerprint density at radius 1 is 1.21 bits per heavy atom. The molecule has 6 nitrogen and oxygen atoms in total. The second kappa shape index (κ2) is 8.77. The minimum Gasteiger partial charge on any atom is -0.382 e. The number of piperidine rings is 1. The lowest BCUT2D eigenvalue weighted by Gasteiger charge is -2.31. The molecule has 1 unspecified atom stereocenters. The molecule has 9 heteroatoms. The van der Waals surface area contributed by atoms with E-state index in [2.05, 4.69) is 10.3 Å². The molecule has 0 spiro atoms. The zero-order valence-electron chi connectivity index (χ0n) is 18.6. The highest BCUT2D eigenvalue weighted by Gasteiger charge is 2.52. The summed E-state index contributed by atoms with van der Waals surface area (Å²) in [5.41, 5.74) is 2.59. The Hall–Kier alpha value is -2.36. The fourth-order valence-electron chi connectivity index (χ4n) is 4.65. The summed E-state index contributed by atoms with van der Waals surface area (Å²) in [6, 6.07) is 6.11. The second-order valence-corrected chi connectivity index (χ2v) is 11.4. The molecule has 1 atom stereocenters. The van der Waals surface area contributed by atoms with E-state index in [0.717, 1.165) is 53.3 Å². The Balaban J connectivity index is 1.39. The third-order valence-electron chi connectivity index (χ3n) is 6.78. The van der Waals surface area contributed by atoms with Gasteiger partial charge in [0.05, 0.1) is 5.70 Å². The molecule has 2 aliphatic heterocycles.